The molecule has 0 fully saturated rings. The normalized spacial score (nSPS) is 12.2. The Hall–Kier alpha value is -1.86. The largest absolute Gasteiger partial charge is 0.416 e. The van der Waals surface area contributed by atoms with Crippen molar-refractivity contribution in [3.05, 3.63) is 41.3 Å². The number of aryl methyl sites for hydroxylation is 1. The lowest BCUT2D eigenvalue weighted by molar-refractivity contribution is -0.137. The summed E-state index contributed by atoms with van der Waals surface area (Å²) in [5, 5.41) is 1.93. The van der Waals surface area contributed by atoms with E-state index < -0.39 is 11.7 Å². The fourth-order valence-electron chi connectivity index (χ4n) is 2.49. The third-order valence-corrected chi connectivity index (χ3v) is 4.41. The Bertz CT molecular complexity index is 794. The minimum Gasteiger partial charge on any atom is -0.385 e. The van der Waals surface area contributed by atoms with Crippen LogP contribution >= 0.6 is 11.3 Å². The average molecular weight is 340 g/mol. The van der Waals surface area contributed by atoms with Gasteiger partial charge in [0.15, 0.2) is 5.82 Å². The monoisotopic (exact) mass is 340 g/mol. The minimum absolute atomic E-state index is 0.362. The van der Waals surface area contributed by atoms with E-state index in [1.54, 1.807) is 7.11 Å². The van der Waals surface area contributed by atoms with Gasteiger partial charge in [0.2, 0.25) is 0 Å². The van der Waals surface area contributed by atoms with Gasteiger partial charge in [0.25, 0.3) is 0 Å². The van der Waals surface area contributed by atoms with Crippen molar-refractivity contribution in [1.82, 2.24) is 9.55 Å². The number of aromatic nitrogens is 2. The summed E-state index contributed by atoms with van der Waals surface area (Å²) >= 11 is 1.52. The van der Waals surface area contributed by atoms with E-state index >= 15 is 0 Å². The van der Waals surface area contributed by atoms with Gasteiger partial charge in [0, 0.05) is 20.3 Å². The van der Waals surface area contributed by atoms with E-state index in [4.69, 9.17) is 4.74 Å². The molecule has 2 heterocycles. The summed E-state index contributed by atoms with van der Waals surface area (Å²) in [5.74, 6) is 0.699. The SMILES string of the molecule is COCCCn1c(-c2cccs2)nc2cc(C(F)(F)F)ccc21. The van der Waals surface area contributed by atoms with E-state index in [0.29, 0.717) is 30.0 Å². The van der Waals surface area contributed by atoms with Crippen molar-refractivity contribution < 1.29 is 17.9 Å². The molecule has 0 saturated heterocycles. The van der Waals surface area contributed by atoms with E-state index in [1.807, 2.05) is 22.1 Å². The van der Waals surface area contributed by atoms with E-state index in [2.05, 4.69) is 4.98 Å². The Balaban J connectivity index is 2.10. The van der Waals surface area contributed by atoms with Crippen LogP contribution in [0.5, 0.6) is 0 Å². The number of methoxy groups -OCH3 is 1. The number of hydrogen-bond acceptors (Lipinski definition) is 3. The van der Waals surface area contributed by atoms with E-state index in [1.165, 1.54) is 17.4 Å². The first-order valence-electron chi connectivity index (χ1n) is 7.11. The third kappa shape index (κ3) is 3.25. The second-order valence-electron chi connectivity index (χ2n) is 5.11. The molecule has 0 aliphatic carbocycles. The predicted octanol–water partition coefficient (Wildman–Crippen LogP) is 4.82. The first kappa shape index (κ1) is 16.0. The molecule has 0 aliphatic heterocycles. The number of hydrogen-bond donors (Lipinski definition) is 0. The topological polar surface area (TPSA) is 27.1 Å². The molecule has 0 bridgehead atoms. The highest BCUT2D eigenvalue weighted by Gasteiger charge is 2.31. The van der Waals surface area contributed by atoms with Crippen molar-refractivity contribution in [2.75, 3.05) is 13.7 Å². The maximum Gasteiger partial charge on any atom is 0.416 e. The van der Waals surface area contributed by atoms with Crippen LogP contribution in [0.4, 0.5) is 13.2 Å². The van der Waals surface area contributed by atoms with Crippen LogP contribution in [-0.2, 0) is 17.5 Å². The third-order valence-electron chi connectivity index (χ3n) is 3.55. The minimum atomic E-state index is -4.36. The molecule has 0 aliphatic rings. The number of alkyl halides is 3. The number of ether oxygens (including phenoxy) is 1. The summed E-state index contributed by atoms with van der Waals surface area (Å²) in [5.41, 5.74) is 0.391. The first-order valence-corrected chi connectivity index (χ1v) is 7.99. The van der Waals surface area contributed by atoms with Crippen molar-refractivity contribution in [3.63, 3.8) is 0 Å². The molecule has 3 aromatic rings. The van der Waals surface area contributed by atoms with E-state index in [-0.39, 0.29) is 0 Å². The van der Waals surface area contributed by atoms with Gasteiger partial charge in [0.05, 0.1) is 21.5 Å². The molecule has 0 atom stereocenters. The zero-order valence-electron chi connectivity index (χ0n) is 12.4. The van der Waals surface area contributed by atoms with Crippen molar-refractivity contribution in [3.8, 4) is 10.7 Å². The molecule has 0 radical (unpaired) electrons. The van der Waals surface area contributed by atoms with Crippen molar-refractivity contribution >= 4 is 22.4 Å². The average Bonchev–Trinajstić information content (AvgIpc) is 3.13. The number of imidazole rings is 1. The van der Waals surface area contributed by atoms with Gasteiger partial charge in [-0.1, -0.05) is 6.07 Å². The van der Waals surface area contributed by atoms with Gasteiger partial charge in [-0.15, -0.1) is 11.3 Å². The smallest absolute Gasteiger partial charge is 0.385 e. The second-order valence-corrected chi connectivity index (χ2v) is 6.06. The standard InChI is InChI=1S/C16H15F3N2OS/c1-22-8-3-7-21-13-6-5-11(16(17,18)19)10-12(13)20-15(21)14-4-2-9-23-14/h2,4-6,9-10H,3,7-8H2,1H3. The molecule has 0 N–H and O–H groups in total. The second kappa shape index (κ2) is 6.33. The maximum atomic E-state index is 12.9. The fraction of sp³-hybridized carbons (Fsp3) is 0.312. The van der Waals surface area contributed by atoms with Crippen LogP contribution in [0.2, 0.25) is 0 Å². The zero-order chi connectivity index (χ0) is 16.4. The number of rotatable bonds is 5. The summed E-state index contributed by atoms with van der Waals surface area (Å²) < 4.78 is 45.7. The molecule has 0 unspecified atom stereocenters. The van der Waals surface area contributed by atoms with Crippen LogP contribution in [0.1, 0.15) is 12.0 Å². The molecular formula is C16H15F3N2OS. The summed E-state index contributed by atoms with van der Waals surface area (Å²) in [4.78, 5) is 5.38. The van der Waals surface area contributed by atoms with Crippen molar-refractivity contribution in [2.24, 2.45) is 0 Å². The van der Waals surface area contributed by atoms with Crippen LogP contribution in [0, 0.1) is 0 Å². The summed E-state index contributed by atoms with van der Waals surface area (Å²) in [6.07, 6.45) is -3.60. The van der Waals surface area contributed by atoms with Gasteiger partial charge in [-0.3, -0.25) is 0 Å². The Labute approximate surface area is 135 Å². The molecule has 122 valence electrons. The van der Waals surface area contributed by atoms with Gasteiger partial charge in [-0.25, -0.2) is 4.98 Å². The highest BCUT2D eigenvalue weighted by Crippen LogP contribution is 2.34. The predicted molar refractivity (Wildman–Crippen MR) is 84.5 cm³/mol. The van der Waals surface area contributed by atoms with Gasteiger partial charge in [-0.2, -0.15) is 13.2 Å². The lowest BCUT2D eigenvalue weighted by Gasteiger charge is -2.09. The molecule has 1 aromatic carbocycles. The number of benzene rings is 1. The Morgan fingerprint density at radius 2 is 2.09 bits per heavy atom. The van der Waals surface area contributed by atoms with Crippen molar-refractivity contribution in [2.45, 2.75) is 19.1 Å². The zero-order valence-corrected chi connectivity index (χ0v) is 13.2. The van der Waals surface area contributed by atoms with Crippen LogP contribution in [-0.4, -0.2) is 23.3 Å². The quantitative estimate of drug-likeness (QED) is 0.623. The van der Waals surface area contributed by atoms with Gasteiger partial charge in [0.1, 0.15) is 0 Å². The molecule has 0 amide bonds. The highest BCUT2D eigenvalue weighted by atomic mass is 32.1. The maximum absolute atomic E-state index is 12.9. The summed E-state index contributed by atoms with van der Waals surface area (Å²) in [6, 6.07) is 7.53. The Morgan fingerprint density at radius 1 is 1.26 bits per heavy atom. The molecule has 2 aromatic heterocycles. The molecule has 3 nitrogen and oxygen atoms in total. The number of fused-ring (bicyclic) bond motifs is 1. The fourth-order valence-corrected chi connectivity index (χ4v) is 3.22. The number of nitrogens with zero attached hydrogens (tertiary/aromatic N) is 2. The highest BCUT2D eigenvalue weighted by molar-refractivity contribution is 7.13. The Kier molecular flexibility index (Phi) is 4.41. The van der Waals surface area contributed by atoms with Crippen LogP contribution in [0.15, 0.2) is 35.7 Å². The van der Waals surface area contributed by atoms with Gasteiger partial charge in [-0.05, 0) is 36.1 Å². The molecular weight excluding hydrogens is 325 g/mol. The summed E-state index contributed by atoms with van der Waals surface area (Å²) in [7, 11) is 1.63. The molecule has 23 heavy (non-hydrogen) atoms. The number of halogens is 3. The van der Waals surface area contributed by atoms with Gasteiger partial charge >= 0.3 is 6.18 Å². The van der Waals surface area contributed by atoms with E-state index in [9.17, 15) is 13.2 Å². The molecule has 3 rings (SSSR count). The molecule has 0 spiro atoms. The molecule has 7 heteroatoms. The Morgan fingerprint density at radius 3 is 2.74 bits per heavy atom. The summed E-state index contributed by atoms with van der Waals surface area (Å²) in [6.45, 7) is 1.23. The van der Waals surface area contributed by atoms with Gasteiger partial charge < -0.3 is 9.30 Å². The lowest BCUT2D eigenvalue weighted by atomic mass is 10.2. The van der Waals surface area contributed by atoms with Crippen LogP contribution < -0.4 is 0 Å². The first-order chi connectivity index (χ1) is 11.0. The van der Waals surface area contributed by atoms with E-state index in [0.717, 1.165) is 23.4 Å². The van der Waals surface area contributed by atoms with Crippen LogP contribution in [0.3, 0.4) is 0 Å². The molecule has 0 saturated carbocycles. The van der Waals surface area contributed by atoms with Crippen molar-refractivity contribution in [1.29, 1.82) is 0 Å². The lowest BCUT2D eigenvalue weighted by Crippen LogP contribution is -2.05. The van der Waals surface area contributed by atoms with Crippen LogP contribution in [0.25, 0.3) is 21.7 Å². The number of thiophene rings is 1.